The topological polar surface area (TPSA) is 32.3 Å². The first-order valence-electron chi connectivity index (χ1n) is 6.42. The van der Waals surface area contributed by atoms with E-state index in [1.165, 1.54) is 29.9 Å². The lowest BCUT2D eigenvalue weighted by atomic mass is 9.92. The van der Waals surface area contributed by atoms with Gasteiger partial charge in [-0.1, -0.05) is 28.1 Å². The Kier molecular flexibility index (Phi) is 5.55. The highest BCUT2D eigenvalue weighted by Gasteiger charge is 2.19. The molecule has 1 unspecified atom stereocenters. The van der Waals surface area contributed by atoms with Crippen molar-refractivity contribution in [3.63, 3.8) is 0 Å². The van der Waals surface area contributed by atoms with Crippen LogP contribution >= 0.6 is 27.7 Å². The summed E-state index contributed by atoms with van der Waals surface area (Å²) in [6.07, 6.45) is 2.10. The van der Waals surface area contributed by atoms with Crippen LogP contribution in [0.3, 0.4) is 0 Å². The van der Waals surface area contributed by atoms with Crippen molar-refractivity contribution >= 4 is 27.7 Å². The second kappa shape index (κ2) is 6.94. The Hall–Kier alpha value is -0.0300. The molecule has 0 saturated carbocycles. The molecule has 4 heteroatoms. The number of hydrogen-bond acceptors (Lipinski definition) is 3. The Morgan fingerprint density at radius 1 is 1.44 bits per heavy atom. The highest BCUT2D eigenvalue weighted by molar-refractivity contribution is 9.10. The molecule has 0 spiro atoms. The lowest BCUT2D eigenvalue weighted by Crippen LogP contribution is -2.17. The summed E-state index contributed by atoms with van der Waals surface area (Å²) in [7, 11) is 1.85. The van der Waals surface area contributed by atoms with Gasteiger partial charge in [0.05, 0.1) is 6.10 Å². The van der Waals surface area contributed by atoms with Gasteiger partial charge in [-0.3, -0.25) is 0 Å². The van der Waals surface area contributed by atoms with Crippen LogP contribution in [0, 0.1) is 0 Å². The zero-order valence-corrected chi connectivity index (χ0v) is 13.1. The number of benzene rings is 1. The fourth-order valence-corrected chi connectivity index (χ4v) is 4.23. The van der Waals surface area contributed by atoms with E-state index in [9.17, 15) is 5.11 Å². The molecular weight excluding hydrogens is 310 g/mol. The zero-order chi connectivity index (χ0) is 13.0. The van der Waals surface area contributed by atoms with Crippen molar-refractivity contribution in [2.45, 2.75) is 24.9 Å². The van der Waals surface area contributed by atoms with Crippen LogP contribution < -0.4 is 5.32 Å². The number of thioether (sulfide) groups is 1. The fraction of sp³-hybridized carbons (Fsp3) is 0.571. The quantitative estimate of drug-likeness (QED) is 0.888. The van der Waals surface area contributed by atoms with E-state index in [1.807, 2.05) is 7.05 Å². The molecule has 1 fully saturated rings. The first-order chi connectivity index (χ1) is 8.72. The Balaban J connectivity index is 2.13. The molecule has 2 rings (SSSR count). The molecule has 0 aromatic heterocycles. The molecule has 1 atom stereocenters. The summed E-state index contributed by atoms with van der Waals surface area (Å²) >= 11 is 5.71. The molecule has 2 N–H and O–H groups in total. The van der Waals surface area contributed by atoms with E-state index in [-0.39, 0.29) is 0 Å². The van der Waals surface area contributed by atoms with Crippen molar-refractivity contribution in [3.05, 3.63) is 33.8 Å². The number of nitrogens with one attached hydrogen (secondary N) is 1. The van der Waals surface area contributed by atoms with Crippen LogP contribution in [0.2, 0.25) is 0 Å². The summed E-state index contributed by atoms with van der Waals surface area (Å²) < 4.78 is 1.15. The maximum Gasteiger partial charge on any atom is 0.0914 e. The van der Waals surface area contributed by atoms with Crippen LogP contribution in [0.5, 0.6) is 0 Å². The number of hydrogen-bond donors (Lipinski definition) is 2. The summed E-state index contributed by atoms with van der Waals surface area (Å²) in [6.45, 7) is 0.589. The van der Waals surface area contributed by atoms with Gasteiger partial charge in [-0.25, -0.2) is 0 Å². The Bertz CT molecular complexity index is 393. The van der Waals surface area contributed by atoms with Crippen LogP contribution in [-0.4, -0.2) is 30.2 Å². The van der Waals surface area contributed by atoms with Crippen LogP contribution in [0.15, 0.2) is 22.7 Å². The number of likely N-dealkylation sites (N-methyl/N-ethyl adjacent to an activating group) is 1. The van der Waals surface area contributed by atoms with Crippen molar-refractivity contribution in [1.29, 1.82) is 0 Å². The molecule has 2 nitrogen and oxygen atoms in total. The minimum absolute atomic E-state index is 0.428. The Morgan fingerprint density at radius 2 is 2.17 bits per heavy atom. The maximum absolute atomic E-state index is 9.96. The molecule has 0 bridgehead atoms. The van der Waals surface area contributed by atoms with Gasteiger partial charge in [-0.15, -0.1) is 0 Å². The van der Waals surface area contributed by atoms with Crippen molar-refractivity contribution in [1.82, 2.24) is 5.32 Å². The molecule has 0 radical (unpaired) electrons. The predicted octanol–water partition coefficient (Wildman–Crippen LogP) is 3.31. The van der Waals surface area contributed by atoms with Gasteiger partial charge >= 0.3 is 0 Å². The maximum atomic E-state index is 9.96. The monoisotopic (exact) mass is 329 g/mol. The average Bonchev–Trinajstić information content (AvgIpc) is 2.40. The highest BCUT2D eigenvalue weighted by atomic mass is 79.9. The standard InChI is InChI=1S/C14H20BrNOS/c1-16-9-14(17)11-2-3-12(13(15)8-11)10-4-6-18-7-5-10/h2-3,8,10,14,16-17H,4-7,9H2,1H3. The molecule has 0 aliphatic carbocycles. The van der Waals surface area contributed by atoms with Gasteiger partial charge in [-0.05, 0) is 54.5 Å². The van der Waals surface area contributed by atoms with Gasteiger partial charge in [0.2, 0.25) is 0 Å². The average molecular weight is 330 g/mol. The van der Waals surface area contributed by atoms with Gasteiger partial charge in [0.25, 0.3) is 0 Å². The molecule has 1 heterocycles. The smallest absolute Gasteiger partial charge is 0.0914 e. The number of aliphatic hydroxyl groups is 1. The third kappa shape index (κ3) is 3.50. The van der Waals surface area contributed by atoms with Crippen LogP contribution in [0.25, 0.3) is 0 Å². The molecular formula is C14H20BrNOS. The molecule has 0 amide bonds. The normalized spacial score (nSPS) is 18.8. The van der Waals surface area contributed by atoms with E-state index in [4.69, 9.17) is 0 Å². The van der Waals surface area contributed by atoms with E-state index < -0.39 is 6.10 Å². The second-order valence-corrected chi connectivity index (χ2v) is 6.82. The van der Waals surface area contributed by atoms with Gasteiger partial charge in [0.15, 0.2) is 0 Å². The van der Waals surface area contributed by atoms with Crippen molar-refractivity contribution in [2.75, 3.05) is 25.1 Å². The first kappa shape index (κ1) is 14.4. The van der Waals surface area contributed by atoms with Gasteiger partial charge in [0.1, 0.15) is 0 Å². The first-order valence-corrected chi connectivity index (χ1v) is 8.37. The third-order valence-electron chi connectivity index (χ3n) is 3.47. The molecule has 1 aliphatic heterocycles. The van der Waals surface area contributed by atoms with Gasteiger partial charge in [-0.2, -0.15) is 11.8 Å². The lowest BCUT2D eigenvalue weighted by Gasteiger charge is -2.23. The lowest BCUT2D eigenvalue weighted by molar-refractivity contribution is 0.177. The van der Waals surface area contributed by atoms with Gasteiger partial charge in [0, 0.05) is 11.0 Å². The van der Waals surface area contributed by atoms with E-state index >= 15 is 0 Å². The summed E-state index contributed by atoms with van der Waals surface area (Å²) in [5, 5.41) is 13.0. The minimum Gasteiger partial charge on any atom is -0.387 e. The van der Waals surface area contributed by atoms with E-state index in [0.717, 1.165) is 10.0 Å². The van der Waals surface area contributed by atoms with Crippen molar-refractivity contribution < 1.29 is 5.11 Å². The van der Waals surface area contributed by atoms with E-state index in [1.54, 1.807) is 0 Å². The fourth-order valence-electron chi connectivity index (χ4n) is 2.40. The molecule has 1 aliphatic rings. The van der Waals surface area contributed by atoms with Crippen LogP contribution in [-0.2, 0) is 0 Å². The largest absolute Gasteiger partial charge is 0.387 e. The molecule has 1 aromatic rings. The SMILES string of the molecule is CNCC(O)c1ccc(C2CCSCC2)c(Br)c1. The zero-order valence-electron chi connectivity index (χ0n) is 10.7. The molecule has 100 valence electrons. The highest BCUT2D eigenvalue weighted by Crippen LogP contribution is 2.36. The summed E-state index contributed by atoms with van der Waals surface area (Å²) in [6, 6.07) is 6.31. The van der Waals surface area contributed by atoms with Crippen LogP contribution in [0.4, 0.5) is 0 Å². The number of aliphatic hydroxyl groups excluding tert-OH is 1. The second-order valence-electron chi connectivity index (χ2n) is 4.74. The molecule has 1 aromatic carbocycles. The van der Waals surface area contributed by atoms with E-state index in [0.29, 0.717) is 12.5 Å². The van der Waals surface area contributed by atoms with Gasteiger partial charge < -0.3 is 10.4 Å². The minimum atomic E-state index is -0.428. The van der Waals surface area contributed by atoms with E-state index in [2.05, 4.69) is 51.2 Å². The number of halogens is 1. The number of rotatable bonds is 4. The van der Waals surface area contributed by atoms with Crippen LogP contribution in [0.1, 0.15) is 36.0 Å². The summed E-state index contributed by atoms with van der Waals surface area (Å²) in [4.78, 5) is 0. The molecule has 18 heavy (non-hydrogen) atoms. The Morgan fingerprint density at radius 3 is 2.78 bits per heavy atom. The van der Waals surface area contributed by atoms with Crippen molar-refractivity contribution in [2.24, 2.45) is 0 Å². The third-order valence-corrected chi connectivity index (χ3v) is 5.20. The predicted molar refractivity (Wildman–Crippen MR) is 82.3 cm³/mol. The summed E-state index contributed by atoms with van der Waals surface area (Å²) in [5.74, 6) is 3.21. The van der Waals surface area contributed by atoms with Crippen molar-refractivity contribution in [3.8, 4) is 0 Å². The summed E-state index contributed by atoms with van der Waals surface area (Å²) in [5.41, 5.74) is 2.38. The molecule has 1 saturated heterocycles. The Labute approximate surface area is 122 Å².